The number of ether oxygens (including phenoxy) is 1. The molecule has 0 aliphatic heterocycles. The van der Waals surface area contributed by atoms with Crippen LogP contribution < -0.4 is 0 Å². The third kappa shape index (κ3) is 2.80. The van der Waals surface area contributed by atoms with Crippen molar-refractivity contribution >= 4 is 5.97 Å². The smallest absolute Gasteiger partial charge is 0.360 e. The van der Waals surface area contributed by atoms with E-state index in [1.54, 1.807) is 6.92 Å². The van der Waals surface area contributed by atoms with Crippen LogP contribution in [0.1, 0.15) is 75.6 Å². The third-order valence-corrected chi connectivity index (χ3v) is 3.54. The summed E-state index contributed by atoms with van der Waals surface area (Å²) >= 11 is 0. The van der Waals surface area contributed by atoms with E-state index in [1.807, 2.05) is 4.68 Å². The summed E-state index contributed by atoms with van der Waals surface area (Å²) in [7, 11) is 0. The Hall–Kier alpha value is -1.39. The molecule has 0 saturated heterocycles. The summed E-state index contributed by atoms with van der Waals surface area (Å²) in [6, 6.07) is 0.380. The van der Waals surface area contributed by atoms with Crippen molar-refractivity contribution in [3.63, 3.8) is 0 Å². The Labute approximate surface area is 114 Å². The Balaban J connectivity index is 2.42. The number of hydrogen-bond acceptors (Lipinski definition) is 4. The second-order valence-electron chi connectivity index (χ2n) is 6.14. The van der Waals surface area contributed by atoms with E-state index in [1.165, 1.54) is 12.8 Å². The first-order valence-corrected chi connectivity index (χ1v) is 7.08. The minimum absolute atomic E-state index is 0.172. The number of rotatable bonds is 3. The molecular formula is C14H23N3O2. The monoisotopic (exact) mass is 265 g/mol. The molecule has 0 atom stereocenters. The van der Waals surface area contributed by atoms with E-state index in [0.29, 0.717) is 18.3 Å². The number of hydrogen-bond donors (Lipinski definition) is 0. The molecule has 1 heterocycles. The van der Waals surface area contributed by atoms with Gasteiger partial charge in [-0.05, 0) is 19.8 Å². The van der Waals surface area contributed by atoms with Crippen LogP contribution in [0.15, 0.2) is 0 Å². The van der Waals surface area contributed by atoms with E-state index in [-0.39, 0.29) is 11.4 Å². The molecule has 0 bridgehead atoms. The van der Waals surface area contributed by atoms with Crippen molar-refractivity contribution in [2.24, 2.45) is 0 Å². The average Bonchev–Trinajstić information content (AvgIpc) is 2.97. The maximum atomic E-state index is 12.0. The van der Waals surface area contributed by atoms with Crippen LogP contribution >= 0.6 is 0 Å². The van der Waals surface area contributed by atoms with Crippen LogP contribution in [0.2, 0.25) is 0 Å². The Morgan fingerprint density at radius 2 is 2.00 bits per heavy atom. The highest BCUT2D eigenvalue weighted by Gasteiger charge is 2.33. The predicted molar refractivity (Wildman–Crippen MR) is 72.2 cm³/mol. The molecule has 1 fully saturated rings. The van der Waals surface area contributed by atoms with Crippen molar-refractivity contribution < 1.29 is 9.53 Å². The van der Waals surface area contributed by atoms with Gasteiger partial charge in [0.15, 0.2) is 5.69 Å². The van der Waals surface area contributed by atoms with E-state index in [0.717, 1.165) is 18.5 Å². The van der Waals surface area contributed by atoms with E-state index in [2.05, 4.69) is 31.1 Å². The van der Waals surface area contributed by atoms with Crippen LogP contribution in [0.5, 0.6) is 0 Å². The normalized spacial score (nSPS) is 16.8. The quantitative estimate of drug-likeness (QED) is 0.788. The minimum Gasteiger partial charge on any atom is -0.461 e. The number of carbonyl (C=O) groups is 1. The molecule has 1 aromatic rings. The van der Waals surface area contributed by atoms with E-state index < -0.39 is 0 Å². The van der Waals surface area contributed by atoms with Crippen molar-refractivity contribution in [2.75, 3.05) is 6.61 Å². The van der Waals surface area contributed by atoms with Gasteiger partial charge >= 0.3 is 5.97 Å². The highest BCUT2D eigenvalue weighted by atomic mass is 16.5. The van der Waals surface area contributed by atoms with Gasteiger partial charge in [-0.15, -0.1) is 5.10 Å². The van der Waals surface area contributed by atoms with Gasteiger partial charge in [-0.2, -0.15) is 0 Å². The van der Waals surface area contributed by atoms with Crippen molar-refractivity contribution in [3.05, 3.63) is 11.4 Å². The molecule has 106 valence electrons. The maximum absolute atomic E-state index is 12.0. The molecule has 5 nitrogen and oxygen atoms in total. The zero-order valence-electron chi connectivity index (χ0n) is 12.3. The Morgan fingerprint density at radius 3 is 2.53 bits per heavy atom. The lowest BCUT2D eigenvalue weighted by Gasteiger charge is -2.23. The van der Waals surface area contributed by atoms with Gasteiger partial charge in [0, 0.05) is 5.41 Å². The third-order valence-electron chi connectivity index (χ3n) is 3.54. The van der Waals surface area contributed by atoms with Crippen LogP contribution in [-0.2, 0) is 10.2 Å². The molecule has 1 aromatic heterocycles. The zero-order chi connectivity index (χ0) is 14.0. The van der Waals surface area contributed by atoms with Gasteiger partial charge in [0.05, 0.1) is 18.3 Å². The minimum atomic E-state index is -0.364. The molecule has 0 spiro atoms. The van der Waals surface area contributed by atoms with Gasteiger partial charge in [0.25, 0.3) is 0 Å². The maximum Gasteiger partial charge on any atom is 0.360 e. The fourth-order valence-corrected chi connectivity index (χ4v) is 2.73. The Kier molecular flexibility index (Phi) is 3.92. The molecule has 1 aliphatic carbocycles. The van der Waals surface area contributed by atoms with Gasteiger partial charge < -0.3 is 4.74 Å². The van der Waals surface area contributed by atoms with Crippen LogP contribution in [0, 0.1) is 0 Å². The van der Waals surface area contributed by atoms with Crippen molar-refractivity contribution in [3.8, 4) is 0 Å². The van der Waals surface area contributed by atoms with Crippen LogP contribution in [0.4, 0.5) is 0 Å². The number of carbonyl (C=O) groups excluding carboxylic acids is 1. The summed E-state index contributed by atoms with van der Waals surface area (Å²) < 4.78 is 7.04. The molecule has 2 rings (SSSR count). The van der Waals surface area contributed by atoms with Crippen LogP contribution in [-0.4, -0.2) is 27.6 Å². The summed E-state index contributed by atoms with van der Waals surface area (Å²) in [5, 5.41) is 8.32. The van der Waals surface area contributed by atoms with E-state index >= 15 is 0 Å². The number of esters is 1. The molecule has 0 radical (unpaired) electrons. The number of aromatic nitrogens is 3. The zero-order valence-corrected chi connectivity index (χ0v) is 12.3. The Morgan fingerprint density at radius 1 is 1.37 bits per heavy atom. The molecule has 0 unspecified atom stereocenters. The van der Waals surface area contributed by atoms with Gasteiger partial charge in [0.1, 0.15) is 0 Å². The molecule has 1 saturated carbocycles. The average molecular weight is 265 g/mol. The first-order chi connectivity index (χ1) is 8.95. The van der Waals surface area contributed by atoms with Gasteiger partial charge in [-0.25, -0.2) is 9.48 Å². The van der Waals surface area contributed by atoms with E-state index in [9.17, 15) is 4.79 Å². The Bertz CT molecular complexity index is 454. The summed E-state index contributed by atoms with van der Waals surface area (Å²) in [6.07, 6.45) is 4.69. The van der Waals surface area contributed by atoms with Crippen molar-refractivity contribution in [2.45, 2.75) is 64.8 Å². The second-order valence-corrected chi connectivity index (χ2v) is 6.14. The summed E-state index contributed by atoms with van der Waals surface area (Å²) in [5.74, 6) is -0.364. The largest absolute Gasteiger partial charge is 0.461 e. The lowest BCUT2D eigenvalue weighted by molar-refractivity contribution is 0.0516. The van der Waals surface area contributed by atoms with E-state index in [4.69, 9.17) is 4.74 Å². The summed E-state index contributed by atoms with van der Waals surface area (Å²) in [5.41, 5.74) is 1.10. The topological polar surface area (TPSA) is 57.0 Å². The molecule has 19 heavy (non-hydrogen) atoms. The van der Waals surface area contributed by atoms with Gasteiger partial charge in [-0.3, -0.25) is 0 Å². The fraction of sp³-hybridized carbons (Fsp3) is 0.786. The first-order valence-electron chi connectivity index (χ1n) is 7.08. The fourth-order valence-electron chi connectivity index (χ4n) is 2.73. The van der Waals surface area contributed by atoms with Crippen molar-refractivity contribution in [1.82, 2.24) is 15.0 Å². The molecule has 1 aliphatic rings. The van der Waals surface area contributed by atoms with Crippen LogP contribution in [0.25, 0.3) is 0 Å². The lowest BCUT2D eigenvalue weighted by atomic mass is 9.90. The lowest BCUT2D eigenvalue weighted by Crippen LogP contribution is -2.24. The standard InChI is InChI=1S/C14H23N3O2/c1-5-19-13(18)11-12(14(2,3)4)17(16-15-11)10-8-6-7-9-10/h10H,5-9H2,1-4H3. The summed E-state index contributed by atoms with van der Waals surface area (Å²) in [6.45, 7) is 8.41. The number of nitrogens with zero attached hydrogens (tertiary/aromatic N) is 3. The first kappa shape index (κ1) is 14.0. The van der Waals surface area contributed by atoms with Crippen LogP contribution in [0.3, 0.4) is 0 Å². The van der Waals surface area contributed by atoms with Gasteiger partial charge in [-0.1, -0.05) is 38.8 Å². The highest BCUT2D eigenvalue weighted by molar-refractivity contribution is 5.88. The predicted octanol–water partition coefficient (Wildman–Crippen LogP) is 2.87. The molecule has 0 amide bonds. The molecular weight excluding hydrogens is 242 g/mol. The highest BCUT2D eigenvalue weighted by Crippen LogP contribution is 2.34. The molecule has 0 aromatic carbocycles. The molecule has 0 N–H and O–H groups in total. The van der Waals surface area contributed by atoms with Gasteiger partial charge in [0.2, 0.25) is 0 Å². The van der Waals surface area contributed by atoms with Crippen molar-refractivity contribution in [1.29, 1.82) is 0 Å². The second kappa shape index (κ2) is 5.31. The SMILES string of the molecule is CCOC(=O)c1nnn(C2CCCC2)c1C(C)(C)C. The summed E-state index contributed by atoms with van der Waals surface area (Å²) in [4.78, 5) is 12.0. The molecule has 5 heteroatoms.